The SMILES string of the molecule is CCc1cnc(CN2CC(C)C2)s1. The van der Waals surface area contributed by atoms with Crippen LogP contribution in [-0.2, 0) is 13.0 Å². The van der Waals surface area contributed by atoms with Crippen molar-refractivity contribution in [3.8, 4) is 0 Å². The molecule has 0 N–H and O–H groups in total. The lowest BCUT2D eigenvalue weighted by atomic mass is 10.0. The summed E-state index contributed by atoms with van der Waals surface area (Å²) >= 11 is 1.86. The van der Waals surface area contributed by atoms with Gasteiger partial charge in [0.25, 0.3) is 0 Å². The molecule has 2 nitrogen and oxygen atoms in total. The summed E-state index contributed by atoms with van der Waals surface area (Å²) in [6.07, 6.45) is 3.14. The Labute approximate surface area is 83.6 Å². The number of hydrogen-bond donors (Lipinski definition) is 0. The smallest absolute Gasteiger partial charge is 0.107 e. The number of likely N-dealkylation sites (tertiary alicyclic amines) is 1. The van der Waals surface area contributed by atoms with Crippen LogP contribution in [0.25, 0.3) is 0 Å². The van der Waals surface area contributed by atoms with E-state index in [9.17, 15) is 0 Å². The van der Waals surface area contributed by atoms with Crippen LogP contribution >= 0.6 is 11.3 Å². The van der Waals surface area contributed by atoms with E-state index in [1.165, 1.54) is 23.0 Å². The molecular weight excluding hydrogens is 180 g/mol. The van der Waals surface area contributed by atoms with Crippen molar-refractivity contribution in [3.05, 3.63) is 16.1 Å². The van der Waals surface area contributed by atoms with Gasteiger partial charge in [0.05, 0.1) is 6.54 Å². The third-order valence-corrected chi connectivity index (χ3v) is 3.57. The van der Waals surface area contributed by atoms with Crippen LogP contribution in [-0.4, -0.2) is 23.0 Å². The number of aromatic nitrogens is 1. The van der Waals surface area contributed by atoms with E-state index in [1.807, 2.05) is 17.5 Å². The molecular formula is C10H16N2S. The summed E-state index contributed by atoms with van der Waals surface area (Å²) in [5.41, 5.74) is 0. The van der Waals surface area contributed by atoms with Crippen molar-refractivity contribution in [1.29, 1.82) is 0 Å². The minimum atomic E-state index is 0.894. The zero-order valence-corrected chi connectivity index (χ0v) is 9.10. The fourth-order valence-corrected chi connectivity index (χ4v) is 2.64. The standard InChI is InChI=1S/C10H16N2S/c1-3-9-4-11-10(13-9)7-12-5-8(2)6-12/h4,8H,3,5-7H2,1-2H3. The van der Waals surface area contributed by atoms with Gasteiger partial charge in [0.2, 0.25) is 0 Å². The minimum Gasteiger partial charge on any atom is -0.296 e. The topological polar surface area (TPSA) is 16.1 Å². The molecule has 3 heteroatoms. The van der Waals surface area contributed by atoms with Crippen molar-refractivity contribution in [2.75, 3.05) is 13.1 Å². The van der Waals surface area contributed by atoms with Gasteiger partial charge in [0, 0.05) is 24.2 Å². The van der Waals surface area contributed by atoms with Crippen LogP contribution in [0.5, 0.6) is 0 Å². The molecule has 1 aliphatic heterocycles. The molecule has 1 aromatic heterocycles. The van der Waals surface area contributed by atoms with Crippen molar-refractivity contribution < 1.29 is 0 Å². The summed E-state index contributed by atoms with van der Waals surface area (Å²) in [4.78, 5) is 8.28. The highest BCUT2D eigenvalue weighted by molar-refractivity contribution is 7.11. The van der Waals surface area contributed by atoms with Crippen LogP contribution in [0.4, 0.5) is 0 Å². The van der Waals surface area contributed by atoms with Crippen LogP contribution < -0.4 is 0 Å². The number of thiazole rings is 1. The van der Waals surface area contributed by atoms with E-state index in [4.69, 9.17) is 0 Å². The van der Waals surface area contributed by atoms with Crippen LogP contribution in [0.2, 0.25) is 0 Å². The molecule has 1 fully saturated rings. The normalized spacial score (nSPS) is 18.9. The zero-order chi connectivity index (χ0) is 9.26. The Morgan fingerprint density at radius 3 is 2.92 bits per heavy atom. The first-order chi connectivity index (χ1) is 6.28. The van der Waals surface area contributed by atoms with E-state index in [-0.39, 0.29) is 0 Å². The first kappa shape index (κ1) is 9.16. The summed E-state index contributed by atoms with van der Waals surface area (Å²) in [5, 5.41) is 1.28. The maximum atomic E-state index is 4.41. The van der Waals surface area contributed by atoms with E-state index >= 15 is 0 Å². The highest BCUT2D eigenvalue weighted by atomic mass is 32.1. The molecule has 0 bridgehead atoms. The first-order valence-corrected chi connectivity index (χ1v) is 5.75. The highest BCUT2D eigenvalue weighted by Gasteiger charge is 2.22. The Balaban J connectivity index is 1.87. The van der Waals surface area contributed by atoms with Crippen LogP contribution in [0.3, 0.4) is 0 Å². The lowest BCUT2D eigenvalue weighted by Gasteiger charge is -2.36. The average Bonchev–Trinajstić information content (AvgIpc) is 2.50. The van der Waals surface area contributed by atoms with Crippen LogP contribution in [0.1, 0.15) is 23.7 Å². The van der Waals surface area contributed by atoms with Gasteiger partial charge in [-0.05, 0) is 12.3 Å². The molecule has 2 heterocycles. The second-order valence-electron chi connectivity index (χ2n) is 3.87. The van der Waals surface area contributed by atoms with E-state index in [2.05, 4.69) is 23.7 Å². The second-order valence-corrected chi connectivity index (χ2v) is 5.07. The lowest BCUT2D eigenvalue weighted by molar-refractivity contribution is 0.105. The predicted octanol–water partition coefficient (Wildman–Crippen LogP) is 2.16. The summed E-state index contributed by atoms with van der Waals surface area (Å²) in [6.45, 7) is 8.05. The summed E-state index contributed by atoms with van der Waals surface area (Å²) in [6, 6.07) is 0. The van der Waals surface area contributed by atoms with Gasteiger partial charge in [-0.15, -0.1) is 11.3 Å². The quantitative estimate of drug-likeness (QED) is 0.736. The van der Waals surface area contributed by atoms with Crippen molar-refractivity contribution in [2.24, 2.45) is 5.92 Å². The largest absolute Gasteiger partial charge is 0.296 e. The average molecular weight is 196 g/mol. The van der Waals surface area contributed by atoms with Crippen molar-refractivity contribution in [3.63, 3.8) is 0 Å². The Morgan fingerprint density at radius 1 is 1.62 bits per heavy atom. The van der Waals surface area contributed by atoms with E-state index in [0.717, 1.165) is 18.9 Å². The Kier molecular flexibility index (Phi) is 2.65. The Hall–Kier alpha value is -0.410. The second kappa shape index (κ2) is 3.76. The molecule has 0 saturated carbocycles. The maximum Gasteiger partial charge on any atom is 0.107 e. The summed E-state index contributed by atoms with van der Waals surface area (Å²) in [7, 11) is 0. The fourth-order valence-electron chi connectivity index (χ4n) is 1.73. The number of rotatable bonds is 3. The van der Waals surface area contributed by atoms with Gasteiger partial charge in [-0.3, -0.25) is 4.90 Å². The third-order valence-electron chi connectivity index (χ3n) is 2.45. The van der Waals surface area contributed by atoms with Gasteiger partial charge < -0.3 is 0 Å². The van der Waals surface area contributed by atoms with E-state index in [1.54, 1.807) is 0 Å². The van der Waals surface area contributed by atoms with Gasteiger partial charge in [-0.25, -0.2) is 4.98 Å². The molecule has 0 amide bonds. The molecule has 2 rings (SSSR count). The number of nitrogens with zero attached hydrogens (tertiary/aromatic N) is 2. The molecule has 1 saturated heterocycles. The van der Waals surface area contributed by atoms with Crippen molar-refractivity contribution in [1.82, 2.24) is 9.88 Å². The van der Waals surface area contributed by atoms with Gasteiger partial charge in [0.15, 0.2) is 0 Å². The van der Waals surface area contributed by atoms with Crippen LogP contribution in [0.15, 0.2) is 6.20 Å². The fraction of sp³-hybridized carbons (Fsp3) is 0.700. The van der Waals surface area contributed by atoms with Crippen LogP contribution in [0, 0.1) is 5.92 Å². The van der Waals surface area contributed by atoms with Crippen molar-refractivity contribution in [2.45, 2.75) is 26.8 Å². The molecule has 0 atom stereocenters. The summed E-state index contributed by atoms with van der Waals surface area (Å²) in [5.74, 6) is 0.894. The summed E-state index contributed by atoms with van der Waals surface area (Å²) < 4.78 is 0. The van der Waals surface area contributed by atoms with Gasteiger partial charge in [-0.2, -0.15) is 0 Å². The molecule has 0 spiro atoms. The molecule has 1 aromatic rings. The van der Waals surface area contributed by atoms with Gasteiger partial charge >= 0.3 is 0 Å². The molecule has 72 valence electrons. The minimum absolute atomic E-state index is 0.894. The van der Waals surface area contributed by atoms with Gasteiger partial charge in [0.1, 0.15) is 5.01 Å². The molecule has 0 aliphatic carbocycles. The van der Waals surface area contributed by atoms with Crippen molar-refractivity contribution >= 4 is 11.3 Å². The molecule has 0 unspecified atom stereocenters. The molecule has 0 radical (unpaired) electrons. The molecule has 0 aromatic carbocycles. The first-order valence-electron chi connectivity index (χ1n) is 4.94. The van der Waals surface area contributed by atoms with E-state index < -0.39 is 0 Å². The lowest BCUT2D eigenvalue weighted by Crippen LogP contribution is -2.44. The molecule has 13 heavy (non-hydrogen) atoms. The zero-order valence-electron chi connectivity index (χ0n) is 8.29. The number of aryl methyl sites for hydroxylation is 1. The predicted molar refractivity (Wildman–Crippen MR) is 55.9 cm³/mol. The maximum absolute atomic E-state index is 4.41. The Bertz CT molecular complexity index is 276. The highest BCUT2D eigenvalue weighted by Crippen LogP contribution is 2.20. The Morgan fingerprint density at radius 2 is 2.38 bits per heavy atom. The third kappa shape index (κ3) is 2.09. The van der Waals surface area contributed by atoms with E-state index in [0.29, 0.717) is 0 Å². The monoisotopic (exact) mass is 196 g/mol. The number of hydrogen-bond acceptors (Lipinski definition) is 3. The molecule has 1 aliphatic rings. The van der Waals surface area contributed by atoms with Gasteiger partial charge in [-0.1, -0.05) is 13.8 Å².